The number of alkyl carbamates (subject to hydrolysis) is 1. The molecule has 0 atom stereocenters. The van der Waals surface area contributed by atoms with Crippen molar-refractivity contribution in [2.24, 2.45) is 0 Å². The van der Waals surface area contributed by atoms with Crippen LogP contribution >= 0.6 is 11.8 Å². The molecule has 0 spiro atoms. The fourth-order valence-corrected chi connectivity index (χ4v) is 2.54. The number of fused-ring (bicyclic) bond motifs is 1. The highest BCUT2D eigenvalue weighted by Crippen LogP contribution is 2.29. The molecule has 1 N–H and O–H groups in total. The summed E-state index contributed by atoms with van der Waals surface area (Å²) < 4.78 is 10.2. The van der Waals surface area contributed by atoms with Gasteiger partial charge in [-0.2, -0.15) is 0 Å². The van der Waals surface area contributed by atoms with Gasteiger partial charge in [-0.3, -0.25) is 10.1 Å². The Morgan fingerprint density at radius 3 is 2.87 bits per heavy atom. The Labute approximate surface area is 136 Å². The van der Waals surface area contributed by atoms with Gasteiger partial charge in [0.2, 0.25) is 0 Å². The summed E-state index contributed by atoms with van der Waals surface area (Å²) in [7, 11) is 0. The van der Waals surface area contributed by atoms with Crippen LogP contribution in [0.15, 0.2) is 27.7 Å². The molecule has 0 aliphatic carbocycles. The lowest BCUT2D eigenvalue weighted by molar-refractivity contribution is -0.384. The number of thioether (sulfide) groups is 1. The molecule has 1 aromatic heterocycles. The van der Waals surface area contributed by atoms with E-state index in [1.807, 2.05) is 0 Å². The third-order valence-corrected chi connectivity index (χ3v) is 3.62. The van der Waals surface area contributed by atoms with E-state index in [1.165, 1.54) is 30.0 Å². The monoisotopic (exact) mass is 339 g/mol. The number of carbonyl (C=O) groups excluding carboxylic acids is 1. The van der Waals surface area contributed by atoms with Crippen molar-refractivity contribution in [3.05, 3.63) is 28.3 Å². The first-order valence-electron chi connectivity index (χ1n) is 6.90. The highest BCUT2D eigenvalue weighted by Gasteiger charge is 2.16. The molecule has 0 aliphatic rings. The number of ether oxygens (including phenoxy) is 1. The first kappa shape index (κ1) is 17.1. The number of aromatic nitrogens is 1. The molecule has 0 saturated heterocycles. The molecule has 2 aromatic rings. The maximum absolute atomic E-state index is 11.5. The van der Waals surface area contributed by atoms with E-state index in [9.17, 15) is 14.9 Å². The Hall–Kier alpha value is -2.29. The van der Waals surface area contributed by atoms with E-state index >= 15 is 0 Å². The van der Waals surface area contributed by atoms with Crippen LogP contribution in [0.5, 0.6) is 0 Å². The molecule has 8 nitrogen and oxygen atoms in total. The smallest absolute Gasteiger partial charge is 0.407 e. The lowest BCUT2D eigenvalue weighted by atomic mass is 10.2. The summed E-state index contributed by atoms with van der Waals surface area (Å²) in [5.41, 5.74) is -0.0778. The Bertz CT molecular complexity index is 723. The van der Waals surface area contributed by atoms with E-state index in [1.54, 1.807) is 20.8 Å². The summed E-state index contributed by atoms with van der Waals surface area (Å²) in [5, 5.41) is 18.5. The Kier molecular flexibility index (Phi) is 5.09. The molecule has 1 aromatic carbocycles. The quantitative estimate of drug-likeness (QED) is 0.385. The fourth-order valence-electron chi connectivity index (χ4n) is 1.74. The molecule has 9 heteroatoms. The molecule has 1 heterocycles. The molecule has 124 valence electrons. The van der Waals surface area contributed by atoms with Crippen molar-refractivity contribution >= 4 is 34.5 Å². The van der Waals surface area contributed by atoms with Gasteiger partial charge >= 0.3 is 6.09 Å². The normalized spacial score (nSPS) is 11.4. The predicted octanol–water partition coefficient (Wildman–Crippen LogP) is 3.35. The van der Waals surface area contributed by atoms with Crippen molar-refractivity contribution < 1.29 is 19.0 Å². The molecule has 23 heavy (non-hydrogen) atoms. The van der Waals surface area contributed by atoms with E-state index in [4.69, 9.17) is 9.26 Å². The largest absolute Gasteiger partial charge is 0.444 e. The molecule has 0 aliphatic heterocycles. The lowest BCUT2D eigenvalue weighted by Gasteiger charge is -2.19. The Balaban J connectivity index is 1.91. The summed E-state index contributed by atoms with van der Waals surface area (Å²) in [5.74, 6) is 0.531. The van der Waals surface area contributed by atoms with E-state index in [0.29, 0.717) is 28.3 Å². The van der Waals surface area contributed by atoms with E-state index in [2.05, 4.69) is 10.5 Å². The first-order chi connectivity index (χ1) is 10.8. The van der Waals surface area contributed by atoms with Crippen LogP contribution in [0.3, 0.4) is 0 Å². The average molecular weight is 339 g/mol. The van der Waals surface area contributed by atoms with Crippen molar-refractivity contribution in [2.45, 2.75) is 31.4 Å². The summed E-state index contributed by atoms with van der Waals surface area (Å²) in [6.45, 7) is 5.74. The van der Waals surface area contributed by atoms with Crippen LogP contribution in [0.2, 0.25) is 0 Å². The van der Waals surface area contributed by atoms with Crippen LogP contribution in [0.4, 0.5) is 10.5 Å². The second kappa shape index (κ2) is 6.86. The molecule has 0 fully saturated rings. The minimum atomic E-state index is -0.543. The topological polar surface area (TPSA) is 108 Å². The number of amides is 1. The number of benzene rings is 1. The zero-order chi connectivity index (χ0) is 17.0. The fraction of sp³-hybridized carbons (Fsp3) is 0.429. The zero-order valence-corrected chi connectivity index (χ0v) is 13.8. The lowest BCUT2D eigenvalue weighted by Crippen LogP contribution is -2.33. The average Bonchev–Trinajstić information content (AvgIpc) is 2.84. The molecule has 2 rings (SSSR count). The number of rotatable bonds is 5. The van der Waals surface area contributed by atoms with Gasteiger partial charge in [-0.15, -0.1) is 11.8 Å². The third kappa shape index (κ3) is 4.85. The van der Waals surface area contributed by atoms with Gasteiger partial charge in [-0.05, 0) is 26.8 Å². The third-order valence-electron chi connectivity index (χ3n) is 2.64. The number of nitro groups is 1. The number of non-ortho nitro benzene ring substituents is 1. The van der Waals surface area contributed by atoms with Crippen LogP contribution < -0.4 is 5.32 Å². The van der Waals surface area contributed by atoms with Gasteiger partial charge in [-0.1, -0.05) is 5.16 Å². The molecule has 1 amide bonds. The number of nitro benzene ring substituents is 1. The van der Waals surface area contributed by atoms with Crippen LogP contribution in [0, 0.1) is 10.1 Å². The molecule has 0 bridgehead atoms. The Morgan fingerprint density at radius 2 is 2.22 bits per heavy atom. The van der Waals surface area contributed by atoms with Gasteiger partial charge in [0.05, 0.1) is 10.3 Å². The van der Waals surface area contributed by atoms with Gasteiger partial charge in [0.25, 0.3) is 5.69 Å². The highest BCUT2D eigenvalue weighted by molar-refractivity contribution is 7.99. The molecular weight excluding hydrogens is 322 g/mol. The summed E-state index contributed by atoms with van der Waals surface area (Å²) in [6.07, 6.45) is -0.487. The molecule has 0 unspecified atom stereocenters. The van der Waals surface area contributed by atoms with Crippen molar-refractivity contribution in [1.29, 1.82) is 0 Å². The van der Waals surface area contributed by atoms with Crippen molar-refractivity contribution in [3.8, 4) is 0 Å². The second-order valence-electron chi connectivity index (χ2n) is 5.70. The van der Waals surface area contributed by atoms with Crippen LogP contribution in [-0.2, 0) is 4.74 Å². The van der Waals surface area contributed by atoms with Gasteiger partial charge in [0.15, 0.2) is 5.58 Å². The van der Waals surface area contributed by atoms with Crippen LogP contribution in [0.1, 0.15) is 20.8 Å². The van der Waals surface area contributed by atoms with E-state index < -0.39 is 16.6 Å². The number of hydrogen-bond acceptors (Lipinski definition) is 7. The molecule has 0 saturated carbocycles. The van der Waals surface area contributed by atoms with Crippen molar-refractivity contribution in [3.63, 3.8) is 0 Å². The van der Waals surface area contributed by atoms with Gasteiger partial charge in [0, 0.05) is 24.4 Å². The summed E-state index contributed by atoms with van der Waals surface area (Å²) >= 11 is 1.34. The number of nitrogens with zero attached hydrogens (tertiary/aromatic N) is 2. The SMILES string of the molecule is CC(C)(C)OC(=O)NCCSc1noc2ccc([N+](=O)[O-])cc12. The van der Waals surface area contributed by atoms with Gasteiger partial charge in [-0.25, -0.2) is 4.79 Å². The number of nitrogens with one attached hydrogen (secondary N) is 1. The van der Waals surface area contributed by atoms with Crippen molar-refractivity contribution in [1.82, 2.24) is 10.5 Å². The number of carbonyl (C=O) groups is 1. The predicted molar refractivity (Wildman–Crippen MR) is 85.6 cm³/mol. The van der Waals surface area contributed by atoms with Crippen molar-refractivity contribution in [2.75, 3.05) is 12.3 Å². The van der Waals surface area contributed by atoms with Gasteiger partial charge in [0.1, 0.15) is 10.6 Å². The molecule has 0 radical (unpaired) electrons. The minimum Gasteiger partial charge on any atom is -0.444 e. The maximum atomic E-state index is 11.5. The Morgan fingerprint density at radius 1 is 1.48 bits per heavy atom. The van der Waals surface area contributed by atoms with Gasteiger partial charge < -0.3 is 14.6 Å². The van der Waals surface area contributed by atoms with Crippen LogP contribution in [0.25, 0.3) is 11.0 Å². The second-order valence-corrected chi connectivity index (χ2v) is 6.79. The standard InChI is InChI=1S/C14H17N3O5S/c1-14(2,3)21-13(18)15-6-7-23-12-10-8-9(17(19)20)4-5-11(10)22-16-12/h4-5,8H,6-7H2,1-3H3,(H,15,18). The summed E-state index contributed by atoms with van der Waals surface area (Å²) in [4.78, 5) is 21.8. The van der Waals surface area contributed by atoms with Crippen LogP contribution in [-0.4, -0.2) is 34.1 Å². The zero-order valence-electron chi connectivity index (χ0n) is 13.0. The van der Waals surface area contributed by atoms with E-state index in [0.717, 1.165) is 0 Å². The maximum Gasteiger partial charge on any atom is 0.407 e. The summed E-state index contributed by atoms with van der Waals surface area (Å²) in [6, 6.07) is 4.31. The highest BCUT2D eigenvalue weighted by atomic mass is 32.2. The first-order valence-corrected chi connectivity index (χ1v) is 7.88. The minimum absolute atomic E-state index is 0.0190. The number of hydrogen-bond donors (Lipinski definition) is 1. The molecular formula is C14H17N3O5S. The van der Waals surface area contributed by atoms with E-state index in [-0.39, 0.29) is 5.69 Å².